The van der Waals surface area contributed by atoms with Crippen molar-refractivity contribution in [2.45, 2.75) is 75.8 Å². The van der Waals surface area contributed by atoms with Crippen molar-refractivity contribution >= 4 is 21.9 Å². The lowest BCUT2D eigenvalue weighted by Crippen LogP contribution is -2.61. The highest BCUT2D eigenvalue weighted by molar-refractivity contribution is 7.86. The van der Waals surface area contributed by atoms with Gasteiger partial charge in [0.15, 0.2) is 0 Å². The summed E-state index contributed by atoms with van der Waals surface area (Å²) in [7, 11) is -4.31. The highest BCUT2D eigenvalue weighted by Gasteiger charge is 2.50. The van der Waals surface area contributed by atoms with Gasteiger partial charge in [-0.15, -0.1) is 0 Å². The molecule has 5 atom stereocenters. The van der Waals surface area contributed by atoms with E-state index < -0.39 is 46.6 Å². The van der Waals surface area contributed by atoms with E-state index >= 15 is 0 Å². The molecule has 0 bridgehead atoms. The molecule has 10 heteroatoms. The van der Waals surface area contributed by atoms with E-state index in [1.807, 2.05) is 67.6 Å². The number of benzene rings is 3. The molecule has 0 aliphatic carbocycles. The fourth-order valence-electron chi connectivity index (χ4n) is 4.72. The molecule has 9 nitrogen and oxygen atoms in total. The maximum absolute atomic E-state index is 13.5. The van der Waals surface area contributed by atoms with Crippen LogP contribution < -0.4 is 0 Å². The number of aryl methyl sites for hydroxylation is 1. The van der Waals surface area contributed by atoms with E-state index in [-0.39, 0.29) is 36.9 Å². The molecule has 0 N–H and O–H groups in total. The predicted octanol–water partition coefficient (Wildman–Crippen LogP) is 4.55. The first kappa shape index (κ1) is 31.5. The largest absolute Gasteiger partial charge is 0.463 e. The quantitative estimate of drug-likeness (QED) is 0.207. The molecule has 3 aromatic rings. The minimum atomic E-state index is -4.31. The van der Waals surface area contributed by atoms with Crippen molar-refractivity contribution in [3.8, 4) is 0 Å². The number of ether oxygens (including phenoxy) is 4. The van der Waals surface area contributed by atoms with Crippen molar-refractivity contribution in [2.24, 2.45) is 0 Å². The first-order valence-electron chi connectivity index (χ1n) is 13.7. The second-order valence-electron chi connectivity index (χ2n) is 10.3. The molecule has 3 aromatic carbocycles. The third-order valence-corrected chi connectivity index (χ3v) is 8.11. The van der Waals surface area contributed by atoms with Gasteiger partial charge in [0.1, 0.15) is 36.8 Å². The summed E-state index contributed by atoms with van der Waals surface area (Å²) >= 11 is 0. The Morgan fingerprint density at radius 3 is 1.81 bits per heavy atom. The molecule has 0 radical (unpaired) electrons. The monoisotopic (exact) mass is 596 g/mol. The standard InChI is InChI=1S/C32H36O9S/c1-22-14-16-27(17-15-22)42(35,36)41-31-28(18-23(2)33)40-29(21-37-24(3)34)30(38-19-25-10-6-4-7-11-25)32(31)39-20-26-12-8-5-9-13-26/h4-17,28-32H,18-21H2,1-3H3/t28-,29-,30-,31-,32+/m1/s1. The molecule has 0 aromatic heterocycles. The summed E-state index contributed by atoms with van der Waals surface area (Å²) in [4.78, 5) is 24.0. The van der Waals surface area contributed by atoms with Crippen molar-refractivity contribution in [3.63, 3.8) is 0 Å². The van der Waals surface area contributed by atoms with Gasteiger partial charge in [-0.2, -0.15) is 8.42 Å². The molecule has 0 amide bonds. The van der Waals surface area contributed by atoms with Crippen LogP contribution in [0, 0.1) is 6.92 Å². The summed E-state index contributed by atoms with van der Waals surface area (Å²) in [6.45, 7) is 4.57. The topological polar surface area (TPSA) is 114 Å². The minimum Gasteiger partial charge on any atom is -0.463 e. The number of esters is 1. The van der Waals surface area contributed by atoms with Crippen LogP contribution in [0.3, 0.4) is 0 Å². The lowest BCUT2D eigenvalue weighted by atomic mass is 9.92. The number of carbonyl (C=O) groups is 2. The summed E-state index contributed by atoms with van der Waals surface area (Å²) in [6.07, 6.45) is -5.24. The zero-order valence-electron chi connectivity index (χ0n) is 23.9. The number of ketones is 1. The number of carbonyl (C=O) groups excluding carboxylic acids is 2. The van der Waals surface area contributed by atoms with Crippen molar-refractivity contribution in [3.05, 3.63) is 102 Å². The van der Waals surface area contributed by atoms with Gasteiger partial charge in [0.05, 0.1) is 24.2 Å². The van der Waals surface area contributed by atoms with Crippen LogP contribution in [-0.2, 0) is 56.1 Å². The number of Topliss-reactive ketones (excluding diaryl/α,β-unsaturated/α-hetero) is 1. The molecule has 4 rings (SSSR count). The van der Waals surface area contributed by atoms with Gasteiger partial charge in [-0.25, -0.2) is 0 Å². The van der Waals surface area contributed by atoms with Gasteiger partial charge in [-0.1, -0.05) is 78.4 Å². The summed E-state index contributed by atoms with van der Waals surface area (Å²) in [6, 6.07) is 25.0. The summed E-state index contributed by atoms with van der Waals surface area (Å²) in [5.74, 6) is -0.761. The third-order valence-electron chi connectivity index (χ3n) is 6.79. The van der Waals surface area contributed by atoms with Crippen molar-refractivity contribution in [1.29, 1.82) is 0 Å². The third kappa shape index (κ3) is 8.80. The van der Waals surface area contributed by atoms with Gasteiger partial charge in [-0.05, 0) is 37.1 Å². The van der Waals surface area contributed by atoms with Gasteiger partial charge in [-0.3, -0.25) is 13.8 Å². The van der Waals surface area contributed by atoms with Gasteiger partial charge < -0.3 is 18.9 Å². The smallest absolute Gasteiger partial charge is 0.302 e. The van der Waals surface area contributed by atoms with E-state index in [1.54, 1.807) is 12.1 Å². The minimum absolute atomic E-state index is 0.0414. The fraction of sp³-hybridized carbons (Fsp3) is 0.375. The van der Waals surface area contributed by atoms with E-state index in [4.69, 9.17) is 23.1 Å². The van der Waals surface area contributed by atoms with Gasteiger partial charge in [0, 0.05) is 13.3 Å². The van der Waals surface area contributed by atoms with E-state index in [0.29, 0.717) is 0 Å². The molecular weight excluding hydrogens is 560 g/mol. The summed E-state index contributed by atoms with van der Waals surface area (Å²) in [5.41, 5.74) is 2.59. The van der Waals surface area contributed by atoms with Crippen LogP contribution in [0.1, 0.15) is 37.0 Å². The predicted molar refractivity (Wildman–Crippen MR) is 154 cm³/mol. The van der Waals surface area contributed by atoms with E-state index in [9.17, 15) is 18.0 Å². The second-order valence-corrected chi connectivity index (χ2v) is 11.8. The van der Waals surface area contributed by atoms with Crippen LogP contribution in [0.25, 0.3) is 0 Å². The Balaban J connectivity index is 1.73. The molecule has 1 heterocycles. The maximum atomic E-state index is 13.5. The lowest BCUT2D eigenvalue weighted by Gasteiger charge is -2.45. The molecule has 42 heavy (non-hydrogen) atoms. The van der Waals surface area contributed by atoms with Crippen LogP contribution in [0.4, 0.5) is 0 Å². The zero-order chi connectivity index (χ0) is 30.1. The number of rotatable bonds is 13. The zero-order valence-corrected chi connectivity index (χ0v) is 24.7. The molecule has 1 aliphatic heterocycles. The Hall–Kier alpha value is -3.41. The molecule has 0 unspecified atom stereocenters. The van der Waals surface area contributed by atoms with E-state index in [0.717, 1.165) is 16.7 Å². The molecule has 1 fully saturated rings. The normalized spacial score (nSPS) is 22.4. The number of hydrogen-bond acceptors (Lipinski definition) is 9. The first-order chi connectivity index (χ1) is 20.1. The lowest BCUT2D eigenvalue weighted by molar-refractivity contribution is -0.253. The Kier molecular flexibility index (Phi) is 11.0. The van der Waals surface area contributed by atoms with Crippen molar-refractivity contribution in [2.75, 3.05) is 6.61 Å². The maximum Gasteiger partial charge on any atom is 0.302 e. The number of hydrogen-bond donors (Lipinski definition) is 0. The Morgan fingerprint density at radius 1 is 0.738 bits per heavy atom. The highest BCUT2D eigenvalue weighted by atomic mass is 32.2. The van der Waals surface area contributed by atoms with Crippen LogP contribution in [0.15, 0.2) is 89.8 Å². The Bertz CT molecular complexity index is 1410. The molecule has 1 aliphatic rings. The van der Waals surface area contributed by atoms with Crippen molar-refractivity contribution < 1.29 is 41.1 Å². The molecule has 0 saturated carbocycles. The Morgan fingerprint density at radius 2 is 1.29 bits per heavy atom. The van der Waals surface area contributed by atoms with Crippen molar-refractivity contribution in [1.82, 2.24) is 0 Å². The fourth-order valence-corrected chi connectivity index (χ4v) is 5.83. The molecule has 224 valence electrons. The van der Waals surface area contributed by atoms with Crippen LogP contribution in [0.2, 0.25) is 0 Å². The summed E-state index contributed by atoms with van der Waals surface area (Å²) in [5, 5.41) is 0. The average Bonchev–Trinajstić information content (AvgIpc) is 2.96. The van der Waals surface area contributed by atoms with Crippen LogP contribution in [0.5, 0.6) is 0 Å². The van der Waals surface area contributed by atoms with E-state index in [1.165, 1.54) is 26.0 Å². The SMILES string of the molecule is CC(=O)C[C@H]1O[C@H](COC(C)=O)[C@@H](OCc2ccccc2)[C@H](OCc2ccccc2)[C@@H]1OS(=O)(=O)c1ccc(C)cc1. The molecule has 1 saturated heterocycles. The van der Waals surface area contributed by atoms with Gasteiger partial charge >= 0.3 is 5.97 Å². The Labute approximate surface area is 246 Å². The molecule has 0 spiro atoms. The highest BCUT2D eigenvalue weighted by Crippen LogP contribution is 2.33. The van der Waals surface area contributed by atoms with Crippen LogP contribution >= 0.6 is 0 Å². The van der Waals surface area contributed by atoms with E-state index in [2.05, 4.69) is 0 Å². The first-order valence-corrected chi connectivity index (χ1v) is 15.1. The summed E-state index contributed by atoms with van der Waals surface area (Å²) < 4.78 is 57.2. The average molecular weight is 597 g/mol. The van der Waals surface area contributed by atoms with Gasteiger partial charge in [0.25, 0.3) is 10.1 Å². The van der Waals surface area contributed by atoms with Gasteiger partial charge in [0.2, 0.25) is 0 Å². The van der Waals surface area contributed by atoms with Crippen LogP contribution in [-0.4, -0.2) is 57.3 Å². The second kappa shape index (κ2) is 14.7. The molecular formula is C32H36O9S.